The van der Waals surface area contributed by atoms with Crippen LogP contribution in [0, 0.1) is 11.6 Å². The average molecular weight is 469 g/mol. The highest BCUT2D eigenvalue weighted by Crippen LogP contribution is 2.24. The Labute approximate surface area is 196 Å². The Morgan fingerprint density at radius 1 is 0.971 bits per heavy atom. The van der Waals surface area contributed by atoms with Crippen LogP contribution >= 0.6 is 0 Å². The first-order valence-corrected chi connectivity index (χ1v) is 10.9. The van der Waals surface area contributed by atoms with Gasteiger partial charge in [0.05, 0.1) is 31.7 Å². The highest BCUT2D eigenvalue weighted by Gasteiger charge is 2.19. The summed E-state index contributed by atoms with van der Waals surface area (Å²) in [5.41, 5.74) is 1.33. The molecule has 1 saturated heterocycles. The number of pyridine rings is 1. The lowest BCUT2D eigenvalue weighted by Gasteiger charge is -2.35. The molecule has 0 atom stereocenters. The monoisotopic (exact) mass is 468 g/mol. The Balaban J connectivity index is 1.32. The maximum absolute atomic E-state index is 13.8. The molecule has 0 bridgehead atoms. The lowest BCUT2D eigenvalue weighted by molar-refractivity contribution is 0.102. The second kappa shape index (κ2) is 10.5. The summed E-state index contributed by atoms with van der Waals surface area (Å²) in [7, 11) is 3.28. The number of benzene rings is 2. The van der Waals surface area contributed by atoms with Gasteiger partial charge in [0, 0.05) is 44.9 Å². The van der Waals surface area contributed by atoms with E-state index in [1.54, 1.807) is 20.3 Å². The van der Waals surface area contributed by atoms with E-state index in [9.17, 15) is 13.6 Å². The summed E-state index contributed by atoms with van der Waals surface area (Å²) in [5, 5.41) is 2.59. The van der Waals surface area contributed by atoms with Crippen LogP contribution in [0.3, 0.4) is 0 Å². The maximum atomic E-state index is 13.8. The van der Waals surface area contributed by atoms with E-state index in [4.69, 9.17) is 9.47 Å². The summed E-state index contributed by atoms with van der Waals surface area (Å²) >= 11 is 0. The predicted molar refractivity (Wildman–Crippen MR) is 126 cm³/mol. The van der Waals surface area contributed by atoms with Crippen LogP contribution in [0.1, 0.15) is 15.9 Å². The second-order valence-corrected chi connectivity index (χ2v) is 7.97. The molecule has 1 fully saturated rings. The Hall–Kier alpha value is -3.72. The SMILES string of the molecule is COc1cc(CN2CCN(c3ccc(NC(=O)c4ccc(F)cc4F)cn3)CC2)cc(OC)c1. The van der Waals surface area contributed by atoms with Crippen LogP contribution in [-0.4, -0.2) is 56.2 Å². The number of carbonyl (C=O) groups excluding carboxylic acids is 1. The largest absolute Gasteiger partial charge is 0.497 e. The molecule has 2 aromatic carbocycles. The van der Waals surface area contributed by atoms with Crippen LogP contribution in [0.4, 0.5) is 20.3 Å². The molecule has 0 spiro atoms. The van der Waals surface area contributed by atoms with Crippen molar-refractivity contribution in [1.29, 1.82) is 0 Å². The summed E-state index contributed by atoms with van der Waals surface area (Å²) < 4.78 is 37.6. The molecule has 2 heterocycles. The number of carbonyl (C=O) groups is 1. The Kier molecular flexibility index (Phi) is 7.22. The summed E-state index contributed by atoms with van der Waals surface area (Å²) in [4.78, 5) is 21.2. The molecule has 0 unspecified atom stereocenters. The molecule has 4 rings (SSSR count). The number of methoxy groups -OCH3 is 2. The minimum absolute atomic E-state index is 0.227. The number of aromatic nitrogens is 1. The summed E-state index contributed by atoms with van der Waals surface area (Å²) in [6.45, 7) is 4.13. The first-order chi connectivity index (χ1) is 16.4. The van der Waals surface area contributed by atoms with Crippen LogP contribution in [0.25, 0.3) is 0 Å². The van der Waals surface area contributed by atoms with Gasteiger partial charge in [0.2, 0.25) is 0 Å². The van der Waals surface area contributed by atoms with Gasteiger partial charge in [0.15, 0.2) is 0 Å². The molecule has 0 radical (unpaired) electrons. The molecular formula is C25H26F2N4O3. The third kappa shape index (κ3) is 5.60. The van der Waals surface area contributed by atoms with E-state index in [1.807, 2.05) is 24.3 Å². The lowest BCUT2D eigenvalue weighted by Crippen LogP contribution is -2.46. The van der Waals surface area contributed by atoms with Gasteiger partial charge in [-0.25, -0.2) is 13.8 Å². The number of amides is 1. The number of nitrogens with zero attached hydrogens (tertiary/aromatic N) is 3. The van der Waals surface area contributed by atoms with Crippen molar-refractivity contribution in [3.63, 3.8) is 0 Å². The Bertz CT molecular complexity index is 1130. The minimum Gasteiger partial charge on any atom is -0.497 e. The molecule has 0 aliphatic carbocycles. The molecule has 1 N–H and O–H groups in total. The van der Waals surface area contributed by atoms with Crippen molar-refractivity contribution in [3.05, 3.63) is 77.5 Å². The smallest absolute Gasteiger partial charge is 0.258 e. The van der Waals surface area contributed by atoms with E-state index in [0.29, 0.717) is 11.8 Å². The quantitative estimate of drug-likeness (QED) is 0.567. The number of hydrogen-bond donors (Lipinski definition) is 1. The highest BCUT2D eigenvalue weighted by molar-refractivity contribution is 6.04. The standard InChI is InChI=1S/C25H26F2N4O3/c1-33-20-11-17(12-21(14-20)34-2)16-30-7-9-31(10-8-30)24-6-4-19(15-28-24)29-25(32)22-5-3-18(26)13-23(22)27/h3-6,11-15H,7-10,16H2,1-2H3,(H,29,32). The number of piperazine rings is 1. The lowest BCUT2D eigenvalue weighted by atomic mass is 10.1. The summed E-state index contributed by atoms with van der Waals surface area (Å²) in [6.07, 6.45) is 1.53. The Morgan fingerprint density at radius 3 is 2.26 bits per heavy atom. The molecule has 1 amide bonds. The number of hydrogen-bond acceptors (Lipinski definition) is 6. The zero-order valence-electron chi connectivity index (χ0n) is 19.1. The maximum Gasteiger partial charge on any atom is 0.258 e. The third-order valence-electron chi connectivity index (χ3n) is 5.70. The van der Waals surface area contributed by atoms with Crippen molar-refractivity contribution >= 4 is 17.4 Å². The Morgan fingerprint density at radius 2 is 1.68 bits per heavy atom. The van der Waals surface area contributed by atoms with Crippen molar-refractivity contribution in [2.24, 2.45) is 0 Å². The van der Waals surface area contributed by atoms with Gasteiger partial charge in [-0.15, -0.1) is 0 Å². The topological polar surface area (TPSA) is 66.9 Å². The van der Waals surface area contributed by atoms with Gasteiger partial charge < -0.3 is 19.7 Å². The van der Waals surface area contributed by atoms with Crippen LogP contribution in [0.15, 0.2) is 54.7 Å². The fraction of sp³-hybridized carbons (Fsp3) is 0.280. The zero-order valence-corrected chi connectivity index (χ0v) is 19.1. The molecule has 9 heteroatoms. The number of nitrogens with one attached hydrogen (secondary N) is 1. The van der Waals surface area contributed by atoms with Gasteiger partial charge in [0.25, 0.3) is 5.91 Å². The zero-order chi connectivity index (χ0) is 24.1. The van der Waals surface area contributed by atoms with E-state index in [2.05, 4.69) is 20.1 Å². The summed E-state index contributed by atoms with van der Waals surface area (Å²) in [5.74, 6) is 0.0392. The number of rotatable bonds is 7. The second-order valence-electron chi connectivity index (χ2n) is 7.97. The highest BCUT2D eigenvalue weighted by atomic mass is 19.1. The first kappa shape index (κ1) is 23.4. The molecule has 0 saturated carbocycles. The first-order valence-electron chi connectivity index (χ1n) is 10.9. The molecule has 178 valence electrons. The van der Waals surface area contributed by atoms with Crippen molar-refractivity contribution in [1.82, 2.24) is 9.88 Å². The molecule has 1 aliphatic heterocycles. The van der Waals surface area contributed by atoms with Gasteiger partial charge in [0.1, 0.15) is 29.0 Å². The van der Waals surface area contributed by atoms with E-state index < -0.39 is 17.5 Å². The molecule has 1 aromatic heterocycles. The van der Waals surface area contributed by atoms with Crippen LogP contribution in [-0.2, 0) is 6.54 Å². The minimum atomic E-state index is -0.910. The van der Waals surface area contributed by atoms with E-state index in [1.165, 1.54) is 6.20 Å². The average Bonchev–Trinajstić information content (AvgIpc) is 2.84. The van der Waals surface area contributed by atoms with Crippen LogP contribution in [0.2, 0.25) is 0 Å². The van der Waals surface area contributed by atoms with Gasteiger partial charge in [-0.2, -0.15) is 0 Å². The van der Waals surface area contributed by atoms with Gasteiger partial charge in [-0.3, -0.25) is 9.69 Å². The fourth-order valence-electron chi connectivity index (χ4n) is 3.87. The van der Waals surface area contributed by atoms with Crippen molar-refractivity contribution in [2.45, 2.75) is 6.54 Å². The molecule has 3 aromatic rings. The molecule has 1 aliphatic rings. The predicted octanol–water partition coefficient (Wildman–Crippen LogP) is 3.95. The van der Waals surface area contributed by atoms with Crippen LogP contribution in [0.5, 0.6) is 11.5 Å². The van der Waals surface area contributed by atoms with Crippen molar-refractivity contribution in [2.75, 3.05) is 50.6 Å². The number of anilines is 2. The molecule has 7 nitrogen and oxygen atoms in total. The number of ether oxygens (including phenoxy) is 2. The summed E-state index contributed by atoms with van der Waals surface area (Å²) in [6, 6.07) is 12.3. The molecule has 34 heavy (non-hydrogen) atoms. The van der Waals surface area contributed by atoms with Crippen molar-refractivity contribution in [3.8, 4) is 11.5 Å². The van der Waals surface area contributed by atoms with Gasteiger partial charge in [-0.1, -0.05) is 0 Å². The van der Waals surface area contributed by atoms with Gasteiger partial charge >= 0.3 is 0 Å². The van der Waals surface area contributed by atoms with Crippen LogP contribution < -0.4 is 19.7 Å². The van der Waals surface area contributed by atoms with E-state index in [-0.39, 0.29) is 5.56 Å². The fourth-order valence-corrected chi connectivity index (χ4v) is 3.87. The van der Waals surface area contributed by atoms with E-state index >= 15 is 0 Å². The van der Waals surface area contributed by atoms with Gasteiger partial charge in [-0.05, 0) is 42.0 Å². The van der Waals surface area contributed by atoms with Crippen molar-refractivity contribution < 1.29 is 23.0 Å². The normalized spacial score (nSPS) is 14.1. The third-order valence-corrected chi connectivity index (χ3v) is 5.70. The number of halogens is 2. The van der Waals surface area contributed by atoms with E-state index in [0.717, 1.165) is 67.7 Å². The molecular weight excluding hydrogens is 442 g/mol.